The number of hydrogen-bond acceptors (Lipinski definition) is 6. The van der Waals surface area contributed by atoms with E-state index in [0.29, 0.717) is 11.4 Å². The van der Waals surface area contributed by atoms with Crippen molar-refractivity contribution in [3.05, 3.63) is 30.1 Å². The Balaban J connectivity index is 2.54. The number of carboxylic acids is 1. The molecule has 2 rings (SSSR count). The largest absolute Gasteiger partial charge is 0.476 e. The van der Waals surface area contributed by atoms with Crippen LogP contribution in [0, 0.1) is 0 Å². The van der Waals surface area contributed by atoms with Crippen LogP contribution >= 0.6 is 0 Å². The van der Waals surface area contributed by atoms with Gasteiger partial charge in [-0.2, -0.15) is 0 Å². The standard InChI is InChI=1S/C10H9N5O2/c11-5-1-2-6(14-8(5)9(16)17)7-3-4-13-10(12)15-7/h1-4H,11H2,(H,16,17)(H2,12,13,15). The van der Waals surface area contributed by atoms with E-state index >= 15 is 0 Å². The Labute approximate surface area is 96.1 Å². The minimum atomic E-state index is -1.19. The highest BCUT2D eigenvalue weighted by Gasteiger charge is 2.12. The molecule has 0 amide bonds. The van der Waals surface area contributed by atoms with Crippen LogP contribution in [0.15, 0.2) is 24.4 Å². The topological polar surface area (TPSA) is 128 Å². The van der Waals surface area contributed by atoms with E-state index in [1.54, 1.807) is 12.1 Å². The Morgan fingerprint density at radius 1 is 1.12 bits per heavy atom. The molecular weight excluding hydrogens is 222 g/mol. The van der Waals surface area contributed by atoms with Crippen molar-refractivity contribution >= 4 is 17.6 Å². The monoisotopic (exact) mass is 231 g/mol. The maximum atomic E-state index is 10.9. The molecule has 0 fully saturated rings. The van der Waals surface area contributed by atoms with E-state index in [1.807, 2.05) is 0 Å². The van der Waals surface area contributed by atoms with Gasteiger partial charge in [-0.05, 0) is 18.2 Å². The number of aromatic nitrogens is 3. The predicted octanol–water partition coefficient (Wildman–Crippen LogP) is 0.401. The number of rotatable bonds is 2. The van der Waals surface area contributed by atoms with Gasteiger partial charge in [-0.1, -0.05) is 0 Å². The molecule has 0 saturated heterocycles. The van der Waals surface area contributed by atoms with Crippen LogP contribution in [-0.2, 0) is 0 Å². The lowest BCUT2D eigenvalue weighted by Gasteiger charge is -2.04. The van der Waals surface area contributed by atoms with E-state index in [0.717, 1.165) is 0 Å². The molecule has 7 heteroatoms. The van der Waals surface area contributed by atoms with Gasteiger partial charge in [0.05, 0.1) is 17.1 Å². The number of pyridine rings is 1. The smallest absolute Gasteiger partial charge is 0.356 e. The summed E-state index contributed by atoms with van der Waals surface area (Å²) in [6.07, 6.45) is 1.47. The van der Waals surface area contributed by atoms with Crippen LogP contribution in [0.3, 0.4) is 0 Å². The number of aromatic carboxylic acids is 1. The van der Waals surface area contributed by atoms with Crippen molar-refractivity contribution in [1.29, 1.82) is 0 Å². The molecule has 0 atom stereocenters. The highest BCUT2D eigenvalue weighted by Crippen LogP contribution is 2.18. The van der Waals surface area contributed by atoms with Gasteiger partial charge in [0.2, 0.25) is 5.95 Å². The number of anilines is 2. The first kappa shape index (κ1) is 10.8. The van der Waals surface area contributed by atoms with E-state index in [4.69, 9.17) is 16.6 Å². The molecule has 17 heavy (non-hydrogen) atoms. The molecule has 0 radical (unpaired) electrons. The summed E-state index contributed by atoms with van der Waals surface area (Å²) < 4.78 is 0. The number of hydrogen-bond donors (Lipinski definition) is 3. The minimum absolute atomic E-state index is 0.0954. The van der Waals surface area contributed by atoms with Gasteiger partial charge in [0.25, 0.3) is 0 Å². The van der Waals surface area contributed by atoms with Crippen molar-refractivity contribution in [3.8, 4) is 11.4 Å². The first-order valence-electron chi connectivity index (χ1n) is 4.66. The second-order valence-corrected chi connectivity index (χ2v) is 3.24. The molecule has 0 saturated carbocycles. The maximum absolute atomic E-state index is 10.9. The van der Waals surface area contributed by atoms with Crippen LogP contribution < -0.4 is 11.5 Å². The third-order valence-electron chi connectivity index (χ3n) is 2.07. The summed E-state index contributed by atoms with van der Waals surface area (Å²) in [7, 11) is 0. The summed E-state index contributed by atoms with van der Waals surface area (Å²) in [4.78, 5) is 22.5. The van der Waals surface area contributed by atoms with Gasteiger partial charge in [0.15, 0.2) is 5.69 Å². The molecule has 0 aliphatic carbocycles. The highest BCUT2D eigenvalue weighted by molar-refractivity contribution is 5.92. The third-order valence-corrected chi connectivity index (χ3v) is 2.07. The zero-order chi connectivity index (χ0) is 12.4. The van der Waals surface area contributed by atoms with Crippen molar-refractivity contribution in [2.24, 2.45) is 0 Å². The summed E-state index contributed by atoms with van der Waals surface area (Å²) in [5.41, 5.74) is 11.6. The molecule has 86 valence electrons. The Bertz CT molecular complexity index is 585. The van der Waals surface area contributed by atoms with Gasteiger partial charge < -0.3 is 16.6 Å². The molecule has 0 aliphatic heterocycles. The Kier molecular flexibility index (Phi) is 2.57. The zero-order valence-electron chi connectivity index (χ0n) is 8.66. The van der Waals surface area contributed by atoms with Crippen molar-refractivity contribution in [1.82, 2.24) is 15.0 Å². The fraction of sp³-hybridized carbons (Fsp3) is 0. The van der Waals surface area contributed by atoms with E-state index < -0.39 is 5.97 Å². The summed E-state index contributed by atoms with van der Waals surface area (Å²) in [5, 5.41) is 8.89. The quantitative estimate of drug-likeness (QED) is 0.682. The maximum Gasteiger partial charge on any atom is 0.356 e. The first-order chi connectivity index (χ1) is 8.08. The second kappa shape index (κ2) is 4.05. The average Bonchev–Trinajstić information content (AvgIpc) is 2.29. The van der Waals surface area contributed by atoms with Crippen LogP contribution in [-0.4, -0.2) is 26.0 Å². The molecule has 5 N–H and O–H groups in total. The van der Waals surface area contributed by atoms with Crippen LogP contribution in [0.5, 0.6) is 0 Å². The predicted molar refractivity (Wildman–Crippen MR) is 61.0 cm³/mol. The molecule has 7 nitrogen and oxygen atoms in total. The van der Waals surface area contributed by atoms with Crippen molar-refractivity contribution in [3.63, 3.8) is 0 Å². The fourth-order valence-electron chi connectivity index (χ4n) is 1.30. The Morgan fingerprint density at radius 3 is 2.47 bits per heavy atom. The number of carbonyl (C=O) groups is 1. The SMILES string of the molecule is Nc1nccc(-c2ccc(N)c(C(=O)O)n2)n1. The second-order valence-electron chi connectivity index (χ2n) is 3.24. The van der Waals surface area contributed by atoms with E-state index in [-0.39, 0.29) is 17.3 Å². The number of nitrogen functional groups attached to an aromatic ring is 2. The van der Waals surface area contributed by atoms with Gasteiger partial charge in [-0.3, -0.25) is 0 Å². The minimum Gasteiger partial charge on any atom is -0.476 e. The molecule has 0 bridgehead atoms. The lowest BCUT2D eigenvalue weighted by Crippen LogP contribution is -2.06. The van der Waals surface area contributed by atoms with Gasteiger partial charge >= 0.3 is 5.97 Å². The van der Waals surface area contributed by atoms with Gasteiger partial charge in [0.1, 0.15) is 0 Å². The molecule has 0 spiro atoms. The van der Waals surface area contributed by atoms with Crippen LogP contribution in [0.4, 0.5) is 11.6 Å². The summed E-state index contributed by atoms with van der Waals surface area (Å²) >= 11 is 0. The normalized spacial score (nSPS) is 10.1. The summed E-state index contributed by atoms with van der Waals surface area (Å²) in [6.45, 7) is 0. The third kappa shape index (κ3) is 2.12. The van der Waals surface area contributed by atoms with Crippen molar-refractivity contribution in [2.45, 2.75) is 0 Å². The van der Waals surface area contributed by atoms with E-state index in [1.165, 1.54) is 12.3 Å². The van der Waals surface area contributed by atoms with Gasteiger partial charge in [-0.15, -0.1) is 0 Å². The molecule has 0 aliphatic rings. The average molecular weight is 231 g/mol. The highest BCUT2D eigenvalue weighted by atomic mass is 16.4. The Morgan fingerprint density at radius 2 is 1.82 bits per heavy atom. The van der Waals surface area contributed by atoms with Crippen LogP contribution in [0.1, 0.15) is 10.5 Å². The van der Waals surface area contributed by atoms with Crippen LogP contribution in [0.25, 0.3) is 11.4 Å². The van der Waals surface area contributed by atoms with E-state index in [9.17, 15) is 4.79 Å². The van der Waals surface area contributed by atoms with Crippen LogP contribution in [0.2, 0.25) is 0 Å². The van der Waals surface area contributed by atoms with E-state index in [2.05, 4.69) is 15.0 Å². The molecule has 0 unspecified atom stereocenters. The molecule has 2 heterocycles. The fourth-order valence-corrected chi connectivity index (χ4v) is 1.30. The molecular formula is C10H9N5O2. The lowest BCUT2D eigenvalue weighted by molar-refractivity contribution is 0.0692. The molecule has 2 aromatic rings. The Hall–Kier alpha value is -2.70. The van der Waals surface area contributed by atoms with Gasteiger partial charge in [0, 0.05) is 6.20 Å². The molecule has 2 aromatic heterocycles. The van der Waals surface area contributed by atoms with Crippen molar-refractivity contribution < 1.29 is 9.90 Å². The number of nitrogens with zero attached hydrogens (tertiary/aromatic N) is 3. The first-order valence-corrected chi connectivity index (χ1v) is 4.66. The summed E-state index contributed by atoms with van der Waals surface area (Å²) in [5.74, 6) is -1.09. The lowest BCUT2D eigenvalue weighted by atomic mass is 10.2. The summed E-state index contributed by atoms with van der Waals surface area (Å²) in [6, 6.07) is 4.62. The zero-order valence-corrected chi connectivity index (χ0v) is 8.66. The van der Waals surface area contributed by atoms with Crippen molar-refractivity contribution in [2.75, 3.05) is 11.5 Å². The number of carboxylic acid groups (broad SMARTS) is 1. The number of nitrogens with two attached hydrogens (primary N) is 2. The van der Waals surface area contributed by atoms with Gasteiger partial charge in [-0.25, -0.2) is 19.7 Å². The molecule has 0 aromatic carbocycles.